The van der Waals surface area contributed by atoms with Crippen molar-refractivity contribution in [3.8, 4) is 0 Å². The van der Waals surface area contributed by atoms with Crippen LogP contribution >= 0.6 is 15.9 Å². The summed E-state index contributed by atoms with van der Waals surface area (Å²) in [5, 5.41) is 0. The third-order valence-corrected chi connectivity index (χ3v) is 5.23. The molecule has 21 heavy (non-hydrogen) atoms. The Labute approximate surface area is 134 Å². The second-order valence-corrected chi connectivity index (χ2v) is 7.20. The van der Waals surface area contributed by atoms with E-state index in [1.54, 1.807) is 12.1 Å². The van der Waals surface area contributed by atoms with E-state index in [4.69, 9.17) is 5.73 Å². The van der Waals surface area contributed by atoms with E-state index in [0.717, 1.165) is 49.1 Å². The van der Waals surface area contributed by atoms with Gasteiger partial charge in [0.15, 0.2) is 0 Å². The van der Waals surface area contributed by atoms with Crippen molar-refractivity contribution in [2.75, 3.05) is 26.2 Å². The molecule has 2 heterocycles. The summed E-state index contributed by atoms with van der Waals surface area (Å²) in [6, 6.07) is 6.19. The van der Waals surface area contributed by atoms with Gasteiger partial charge in [0, 0.05) is 41.8 Å². The predicted molar refractivity (Wildman–Crippen MR) is 86.6 cm³/mol. The van der Waals surface area contributed by atoms with E-state index in [9.17, 15) is 4.39 Å². The Morgan fingerprint density at radius 1 is 1.19 bits per heavy atom. The molecule has 2 saturated heterocycles. The third kappa shape index (κ3) is 3.83. The van der Waals surface area contributed by atoms with Gasteiger partial charge in [0.2, 0.25) is 0 Å². The molecule has 1 unspecified atom stereocenters. The van der Waals surface area contributed by atoms with E-state index in [2.05, 4.69) is 25.7 Å². The van der Waals surface area contributed by atoms with Crippen molar-refractivity contribution in [3.05, 3.63) is 34.1 Å². The lowest BCUT2D eigenvalue weighted by molar-refractivity contribution is 0.151. The molecule has 0 bridgehead atoms. The summed E-state index contributed by atoms with van der Waals surface area (Å²) in [6.45, 7) is 5.03. The first kappa shape index (κ1) is 15.4. The summed E-state index contributed by atoms with van der Waals surface area (Å²) in [6.07, 6.45) is 3.40. The van der Waals surface area contributed by atoms with Gasteiger partial charge in [-0.25, -0.2) is 4.39 Å². The number of rotatable bonds is 3. The van der Waals surface area contributed by atoms with Crippen LogP contribution in [0.25, 0.3) is 0 Å². The van der Waals surface area contributed by atoms with Crippen molar-refractivity contribution in [1.82, 2.24) is 9.80 Å². The van der Waals surface area contributed by atoms with Gasteiger partial charge in [-0.2, -0.15) is 0 Å². The van der Waals surface area contributed by atoms with Crippen LogP contribution in [0.15, 0.2) is 22.7 Å². The highest BCUT2D eigenvalue weighted by atomic mass is 79.9. The molecule has 0 aliphatic carbocycles. The molecule has 2 fully saturated rings. The minimum Gasteiger partial charge on any atom is -0.328 e. The molecule has 0 saturated carbocycles. The lowest BCUT2D eigenvalue weighted by atomic mass is 10.0. The molecule has 0 spiro atoms. The van der Waals surface area contributed by atoms with E-state index >= 15 is 0 Å². The number of likely N-dealkylation sites (tertiary alicyclic amines) is 2. The number of benzene rings is 1. The van der Waals surface area contributed by atoms with Crippen LogP contribution in [0, 0.1) is 5.82 Å². The van der Waals surface area contributed by atoms with Gasteiger partial charge in [-0.3, -0.25) is 9.80 Å². The average Bonchev–Trinajstić information content (AvgIpc) is 2.92. The van der Waals surface area contributed by atoms with Crippen molar-refractivity contribution in [2.24, 2.45) is 5.73 Å². The number of hydrogen-bond donors (Lipinski definition) is 1. The molecule has 2 aliphatic heterocycles. The van der Waals surface area contributed by atoms with Crippen LogP contribution < -0.4 is 5.73 Å². The topological polar surface area (TPSA) is 32.5 Å². The summed E-state index contributed by atoms with van der Waals surface area (Å²) in [5.41, 5.74) is 6.76. The molecule has 0 amide bonds. The zero-order chi connectivity index (χ0) is 14.8. The highest BCUT2D eigenvalue weighted by molar-refractivity contribution is 9.10. The number of halogens is 2. The molecule has 1 aromatic carbocycles. The Morgan fingerprint density at radius 3 is 2.71 bits per heavy atom. The fourth-order valence-electron chi connectivity index (χ4n) is 3.44. The summed E-state index contributed by atoms with van der Waals surface area (Å²) < 4.78 is 14.8. The van der Waals surface area contributed by atoms with Gasteiger partial charge in [0.1, 0.15) is 5.82 Å². The summed E-state index contributed by atoms with van der Waals surface area (Å²) in [7, 11) is 0. The van der Waals surface area contributed by atoms with Crippen LogP contribution in [-0.2, 0) is 6.54 Å². The summed E-state index contributed by atoms with van der Waals surface area (Å²) in [5.74, 6) is -0.106. The molecular formula is C16H23BrFN3. The minimum absolute atomic E-state index is 0.106. The summed E-state index contributed by atoms with van der Waals surface area (Å²) in [4.78, 5) is 4.94. The molecule has 1 atom stereocenters. The first-order valence-corrected chi connectivity index (χ1v) is 8.57. The number of piperidine rings is 1. The molecule has 0 aromatic heterocycles. The van der Waals surface area contributed by atoms with Gasteiger partial charge in [0.25, 0.3) is 0 Å². The Bertz CT molecular complexity index is 488. The van der Waals surface area contributed by atoms with Crippen molar-refractivity contribution in [3.63, 3.8) is 0 Å². The smallest absolute Gasteiger partial charge is 0.127 e. The maximum absolute atomic E-state index is 13.8. The second kappa shape index (κ2) is 6.73. The SMILES string of the molecule is NC1CCN(C2CCN(Cc3cc(Br)ccc3F)C2)CC1. The Morgan fingerprint density at radius 2 is 1.95 bits per heavy atom. The first-order valence-electron chi connectivity index (χ1n) is 7.78. The van der Waals surface area contributed by atoms with Crippen LogP contribution in [0.1, 0.15) is 24.8 Å². The van der Waals surface area contributed by atoms with E-state index in [1.807, 2.05) is 6.07 Å². The monoisotopic (exact) mass is 355 g/mol. The fraction of sp³-hybridized carbons (Fsp3) is 0.625. The van der Waals surface area contributed by atoms with Crippen molar-refractivity contribution in [2.45, 2.75) is 37.9 Å². The molecule has 1 aromatic rings. The Kier molecular flexibility index (Phi) is 4.94. The van der Waals surface area contributed by atoms with Crippen LogP contribution in [0.2, 0.25) is 0 Å². The van der Waals surface area contributed by atoms with Gasteiger partial charge < -0.3 is 5.73 Å². The lowest BCUT2D eigenvalue weighted by Gasteiger charge is -2.34. The molecule has 5 heteroatoms. The lowest BCUT2D eigenvalue weighted by Crippen LogP contribution is -2.46. The van der Waals surface area contributed by atoms with Gasteiger partial charge in [-0.15, -0.1) is 0 Å². The van der Waals surface area contributed by atoms with Crippen molar-refractivity contribution < 1.29 is 4.39 Å². The van der Waals surface area contributed by atoms with Crippen LogP contribution in [-0.4, -0.2) is 48.1 Å². The number of hydrogen-bond acceptors (Lipinski definition) is 3. The van der Waals surface area contributed by atoms with Crippen LogP contribution in [0.5, 0.6) is 0 Å². The number of nitrogens with zero attached hydrogens (tertiary/aromatic N) is 2. The zero-order valence-electron chi connectivity index (χ0n) is 12.3. The third-order valence-electron chi connectivity index (χ3n) is 4.74. The van der Waals surface area contributed by atoms with Crippen LogP contribution in [0.4, 0.5) is 4.39 Å². The van der Waals surface area contributed by atoms with E-state index in [-0.39, 0.29) is 5.82 Å². The van der Waals surface area contributed by atoms with E-state index in [0.29, 0.717) is 18.6 Å². The van der Waals surface area contributed by atoms with E-state index < -0.39 is 0 Å². The van der Waals surface area contributed by atoms with Gasteiger partial charge >= 0.3 is 0 Å². The van der Waals surface area contributed by atoms with E-state index in [1.165, 1.54) is 6.42 Å². The fourth-order valence-corrected chi connectivity index (χ4v) is 3.85. The largest absolute Gasteiger partial charge is 0.328 e. The maximum atomic E-state index is 13.8. The molecule has 2 aliphatic rings. The van der Waals surface area contributed by atoms with Crippen molar-refractivity contribution >= 4 is 15.9 Å². The van der Waals surface area contributed by atoms with Gasteiger partial charge in [-0.1, -0.05) is 15.9 Å². The normalized spacial score (nSPS) is 25.6. The minimum atomic E-state index is -0.106. The molecule has 116 valence electrons. The van der Waals surface area contributed by atoms with Gasteiger partial charge in [0.05, 0.1) is 0 Å². The summed E-state index contributed by atoms with van der Waals surface area (Å²) >= 11 is 3.42. The molecule has 0 radical (unpaired) electrons. The zero-order valence-corrected chi connectivity index (χ0v) is 13.9. The Balaban J connectivity index is 1.56. The molecule has 3 nitrogen and oxygen atoms in total. The maximum Gasteiger partial charge on any atom is 0.127 e. The predicted octanol–water partition coefficient (Wildman–Crippen LogP) is 2.59. The highest BCUT2D eigenvalue weighted by Gasteiger charge is 2.29. The van der Waals surface area contributed by atoms with Crippen molar-refractivity contribution in [1.29, 1.82) is 0 Å². The molecule has 3 rings (SSSR count). The highest BCUT2D eigenvalue weighted by Crippen LogP contribution is 2.23. The molecular weight excluding hydrogens is 333 g/mol. The standard InChI is InChI=1S/C16H23BrFN3/c17-13-1-2-16(18)12(9-13)10-20-6-5-15(11-20)21-7-3-14(19)4-8-21/h1-2,9,14-15H,3-8,10-11,19H2. The van der Waals surface area contributed by atoms with Crippen LogP contribution in [0.3, 0.4) is 0 Å². The van der Waals surface area contributed by atoms with Gasteiger partial charge in [-0.05, 0) is 50.6 Å². The molecule has 2 N–H and O–H groups in total. The average molecular weight is 356 g/mol. The number of nitrogens with two attached hydrogens (primary N) is 1. The quantitative estimate of drug-likeness (QED) is 0.904. The first-order chi connectivity index (χ1) is 10.1. The second-order valence-electron chi connectivity index (χ2n) is 6.29. The Hall–Kier alpha value is -0.490.